The SMILES string of the molecule is COc1ccc(S(=O)(=O)NCC(c2ccsc2)N2CCc3ccccc3C2)cc1Cl. The molecule has 1 aliphatic heterocycles. The largest absolute Gasteiger partial charge is 0.495 e. The molecule has 1 N–H and O–H groups in total. The highest BCUT2D eigenvalue weighted by Crippen LogP contribution is 2.30. The van der Waals surface area contributed by atoms with Gasteiger partial charge in [-0.05, 0) is 58.1 Å². The molecule has 0 aliphatic carbocycles. The molecule has 0 fully saturated rings. The van der Waals surface area contributed by atoms with Crippen LogP contribution < -0.4 is 9.46 Å². The smallest absolute Gasteiger partial charge is 0.240 e. The third-order valence-electron chi connectivity index (χ3n) is 5.43. The average Bonchev–Trinajstić information content (AvgIpc) is 3.28. The van der Waals surface area contributed by atoms with Crippen molar-refractivity contribution in [1.29, 1.82) is 0 Å². The summed E-state index contributed by atoms with van der Waals surface area (Å²) in [6.07, 6.45) is 0.956. The van der Waals surface area contributed by atoms with Crippen LogP contribution in [0.25, 0.3) is 0 Å². The van der Waals surface area contributed by atoms with Gasteiger partial charge < -0.3 is 4.74 Å². The number of benzene rings is 2. The van der Waals surface area contributed by atoms with Gasteiger partial charge in [0, 0.05) is 25.7 Å². The summed E-state index contributed by atoms with van der Waals surface area (Å²) in [5, 5.41) is 4.38. The van der Waals surface area contributed by atoms with E-state index in [0.717, 1.165) is 25.1 Å². The van der Waals surface area contributed by atoms with Crippen LogP contribution in [0.5, 0.6) is 5.75 Å². The maximum atomic E-state index is 12.9. The molecule has 0 saturated carbocycles. The molecule has 5 nitrogen and oxygen atoms in total. The van der Waals surface area contributed by atoms with Crippen molar-refractivity contribution in [3.8, 4) is 5.75 Å². The number of ether oxygens (including phenoxy) is 1. The molecule has 2 heterocycles. The Morgan fingerprint density at radius 2 is 2.00 bits per heavy atom. The number of nitrogens with zero attached hydrogens (tertiary/aromatic N) is 1. The summed E-state index contributed by atoms with van der Waals surface area (Å²) in [6.45, 7) is 1.96. The molecule has 1 aliphatic rings. The number of nitrogens with one attached hydrogen (secondary N) is 1. The molecule has 30 heavy (non-hydrogen) atoms. The van der Waals surface area contributed by atoms with Gasteiger partial charge in [-0.3, -0.25) is 4.90 Å². The zero-order chi connectivity index (χ0) is 21.1. The van der Waals surface area contributed by atoms with Crippen molar-refractivity contribution >= 4 is 33.0 Å². The molecule has 0 saturated heterocycles. The predicted octanol–water partition coefficient (Wildman–Crippen LogP) is 4.49. The summed E-state index contributed by atoms with van der Waals surface area (Å²) in [5.74, 6) is 0.443. The summed E-state index contributed by atoms with van der Waals surface area (Å²) in [4.78, 5) is 2.47. The highest BCUT2D eigenvalue weighted by molar-refractivity contribution is 7.89. The molecule has 4 rings (SSSR count). The Morgan fingerprint density at radius 3 is 2.70 bits per heavy atom. The van der Waals surface area contributed by atoms with E-state index >= 15 is 0 Å². The first-order valence-corrected chi connectivity index (χ1v) is 12.4. The van der Waals surface area contributed by atoms with Gasteiger partial charge in [0.25, 0.3) is 0 Å². The lowest BCUT2D eigenvalue weighted by molar-refractivity contribution is 0.181. The Balaban J connectivity index is 1.54. The third kappa shape index (κ3) is 4.55. The van der Waals surface area contributed by atoms with Crippen LogP contribution in [0.4, 0.5) is 0 Å². The van der Waals surface area contributed by atoms with E-state index in [1.807, 2.05) is 5.38 Å². The van der Waals surface area contributed by atoms with E-state index in [0.29, 0.717) is 5.75 Å². The minimum absolute atomic E-state index is 0.0481. The summed E-state index contributed by atoms with van der Waals surface area (Å²) < 4.78 is 33.7. The molecule has 3 aromatic rings. The molecule has 0 radical (unpaired) electrons. The Labute approximate surface area is 186 Å². The molecule has 0 amide bonds. The average molecular weight is 463 g/mol. The van der Waals surface area contributed by atoms with Gasteiger partial charge in [-0.1, -0.05) is 35.9 Å². The summed E-state index contributed by atoms with van der Waals surface area (Å²) >= 11 is 7.74. The minimum Gasteiger partial charge on any atom is -0.495 e. The fourth-order valence-electron chi connectivity index (χ4n) is 3.79. The van der Waals surface area contributed by atoms with Crippen LogP contribution in [0.15, 0.2) is 64.2 Å². The first-order chi connectivity index (χ1) is 14.5. The highest BCUT2D eigenvalue weighted by atomic mass is 35.5. The summed E-state index contributed by atoms with van der Waals surface area (Å²) in [7, 11) is -2.21. The normalized spacial score (nSPS) is 15.5. The van der Waals surface area contributed by atoms with Gasteiger partial charge in [0.2, 0.25) is 10.0 Å². The lowest BCUT2D eigenvalue weighted by Crippen LogP contribution is -2.40. The molecule has 1 atom stereocenters. The molecule has 1 aromatic heterocycles. The lowest BCUT2D eigenvalue weighted by atomic mass is 9.97. The fourth-order valence-corrected chi connectivity index (χ4v) is 5.89. The molecule has 158 valence electrons. The van der Waals surface area contributed by atoms with E-state index in [4.69, 9.17) is 16.3 Å². The van der Waals surface area contributed by atoms with Crippen LogP contribution in [-0.2, 0) is 23.0 Å². The molecule has 0 bridgehead atoms. The third-order valence-corrected chi connectivity index (χ3v) is 7.85. The number of hydrogen-bond donors (Lipinski definition) is 1. The standard InChI is InChI=1S/C22H23ClN2O3S2/c1-28-22-7-6-19(12-20(22)23)30(26,27)24-13-21(18-9-11-29-15-18)25-10-8-16-4-2-3-5-17(16)14-25/h2-7,9,11-12,15,21,24H,8,10,13-14H2,1H3. The van der Waals surface area contributed by atoms with Crippen LogP contribution in [0.1, 0.15) is 22.7 Å². The van der Waals surface area contributed by atoms with E-state index < -0.39 is 10.0 Å². The van der Waals surface area contributed by atoms with Crippen LogP contribution in [-0.4, -0.2) is 33.5 Å². The van der Waals surface area contributed by atoms with Gasteiger partial charge in [0.1, 0.15) is 5.75 Å². The quantitative estimate of drug-likeness (QED) is 0.562. The van der Waals surface area contributed by atoms with Gasteiger partial charge in [0.15, 0.2) is 0 Å². The first-order valence-electron chi connectivity index (χ1n) is 9.64. The monoisotopic (exact) mass is 462 g/mol. The van der Waals surface area contributed by atoms with Crippen molar-refractivity contribution in [2.75, 3.05) is 20.2 Å². The van der Waals surface area contributed by atoms with Crippen molar-refractivity contribution < 1.29 is 13.2 Å². The summed E-state index contributed by atoms with van der Waals surface area (Å²) in [5.41, 5.74) is 3.79. The number of rotatable bonds is 7. The van der Waals surface area contributed by atoms with E-state index in [-0.39, 0.29) is 22.5 Å². The number of hydrogen-bond acceptors (Lipinski definition) is 5. The maximum Gasteiger partial charge on any atom is 0.240 e. The second-order valence-electron chi connectivity index (χ2n) is 7.21. The maximum absolute atomic E-state index is 12.9. The first kappa shape index (κ1) is 21.3. The molecule has 8 heteroatoms. The number of thiophene rings is 1. The fraction of sp³-hybridized carbons (Fsp3) is 0.273. The molecular weight excluding hydrogens is 440 g/mol. The Morgan fingerprint density at radius 1 is 1.20 bits per heavy atom. The van der Waals surface area contributed by atoms with E-state index in [9.17, 15) is 8.42 Å². The second-order valence-corrected chi connectivity index (χ2v) is 10.2. The Bertz CT molecular complexity index is 1120. The van der Waals surface area contributed by atoms with Crippen molar-refractivity contribution in [2.45, 2.75) is 23.9 Å². The zero-order valence-electron chi connectivity index (χ0n) is 16.5. The van der Waals surface area contributed by atoms with Crippen LogP contribution in [0, 0.1) is 0 Å². The Hall–Kier alpha value is -1.90. The van der Waals surface area contributed by atoms with Crippen LogP contribution in [0.3, 0.4) is 0 Å². The molecule has 2 aromatic carbocycles. The molecule has 1 unspecified atom stereocenters. The Kier molecular flexibility index (Phi) is 6.46. The number of fused-ring (bicyclic) bond motifs is 1. The van der Waals surface area contributed by atoms with Crippen molar-refractivity contribution in [3.63, 3.8) is 0 Å². The van der Waals surface area contributed by atoms with Gasteiger partial charge in [-0.15, -0.1) is 0 Å². The van der Waals surface area contributed by atoms with Crippen molar-refractivity contribution in [1.82, 2.24) is 9.62 Å². The number of sulfonamides is 1. The highest BCUT2D eigenvalue weighted by Gasteiger charge is 2.27. The minimum atomic E-state index is -3.71. The topological polar surface area (TPSA) is 58.6 Å². The number of halogens is 1. The summed E-state index contributed by atoms with van der Waals surface area (Å²) in [6, 6.07) is 14.9. The van der Waals surface area contributed by atoms with Gasteiger partial charge in [0.05, 0.1) is 17.0 Å². The molecular formula is C22H23ClN2O3S2. The molecule has 0 spiro atoms. The van der Waals surface area contributed by atoms with E-state index in [1.165, 1.54) is 30.4 Å². The van der Waals surface area contributed by atoms with Crippen molar-refractivity contribution in [2.24, 2.45) is 0 Å². The number of methoxy groups -OCH3 is 1. The van der Waals surface area contributed by atoms with E-state index in [2.05, 4.69) is 45.3 Å². The lowest BCUT2D eigenvalue weighted by Gasteiger charge is -2.35. The second kappa shape index (κ2) is 9.08. The van der Waals surface area contributed by atoms with Crippen LogP contribution >= 0.6 is 22.9 Å². The van der Waals surface area contributed by atoms with Gasteiger partial charge in [-0.25, -0.2) is 13.1 Å². The van der Waals surface area contributed by atoms with Crippen LogP contribution in [0.2, 0.25) is 5.02 Å². The van der Waals surface area contributed by atoms with Crippen molar-refractivity contribution in [3.05, 3.63) is 81.0 Å². The zero-order valence-corrected chi connectivity index (χ0v) is 18.9. The predicted molar refractivity (Wildman–Crippen MR) is 121 cm³/mol. The van der Waals surface area contributed by atoms with Gasteiger partial charge >= 0.3 is 0 Å². The van der Waals surface area contributed by atoms with E-state index in [1.54, 1.807) is 17.4 Å². The van der Waals surface area contributed by atoms with Gasteiger partial charge in [-0.2, -0.15) is 11.3 Å².